The maximum Gasteiger partial charge on any atom is 0.270 e. The number of aryl methyl sites for hydroxylation is 1. The Hall–Kier alpha value is -4.58. The van der Waals surface area contributed by atoms with Crippen LogP contribution in [0.1, 0.15) is 48.8 Å². The average Bonchev–Trinajstić information content (AvgIpc) is 3.52. The van der Waals surface area contributed by atoms with Crippen molar-refractivity contribution in [3.63, 3.8) is 0 Å². The molecule has 0 aliphatic carbocycles. The first kappa shape index (κ1) is 32.3. The minimum Gasteiger partial charge on any atom is -0.344 e. The fraction of sp³-hybridized carbons (Fsp3) is 0.406. The van der Waals surface area contributed by atoms with Crippen molar-refractivity contribution in [1.82, 2.24) is 30.2 Å². The van der Waals surface area contributed by atoms with Crippen molar-refractivity contribution in [3.8, 4) is 0 Å². The van der Waals surface area contributed by atoms with Gasteiger partial charge in [-0.25, -0.2) is 4.39 Å². The summed E-state index contributed by atoms with van der Waals surface area (Å²) in [6.45, 7) is 8.82. The summed E-state index contributed by atoms with van der Waals surface area (Å²) >= 11 is 0. The second-order valence-electron chi connectivity index (χ2n) is 10.8. The summed E-state index contributed by atoms with van der Waals surface area (Å²) in [5.41, 5.74) is 1.96. The van der Waals surface area contributed by atoms with Crippen molar-refractivity contribution in [2.45, 2.75) is 58.8 Å². The second-order valence-corrected chi connectivity index (χ2v) is 10.8. The highest BCUT2D eigenvalue weighted by molar-refractivity contribution is 6.00. The summed E-state index contributed by atoms with van der Waals surface area (Å²) in [4.78, 5) is 55.1. The Morgan fingerprint density at radius 3 is 2.32 bits per heavy atom. The van der Waals surface area contributed by atoms with Gasteiger partial charge in [0.05, 0.1) is 5.69 Å². The van der Waals surface area contributed by atoms with E-state index in [1.54, 1.807) is 24.0 Å². The van der Waals surface area contributed by atoms with E-state index in [4.69, 9.17) is 0 Å². The highest BCUT2D eigenvalue weighted by Crippen LogP contribution is 2.19. The summed E-state index contributed by atoms with van der Waals surface area (Å²) < 4.78 is 16.6. The molecule has 0 spiro atoms. The lowest BCUT2D eigenvalue weighted by atomic mass is 10.0. The smallest absolute Gasteiger partial charge is 0.270 e. The lowest BCUT2D eigenvalue weighted by molar-refractivity contribution is -0.138. The lowest BCUT2D eigenvalue weighted by Crippen LogP contribution is -2.55. The number of rotatable bonds is 12. The summed E-state index contributed by atoms with van der Waals surface area (Å²) in [7, 11) is 0. The van der Waals surface area contributed by atoms with Gasteiger partial charge in [0.25, 0.3) is 5.91 Å². The molecule has 0 radical (unpaired) electrons. The zero-order valence-corrected chi connectivity index (χ0v) is 25.4. The average molecular weight is 606 g/mol. The molecular formula is C32H40FN7O4. The number of piperazine rings is 1. The van der Waals surface area contributed by atoms with Crippen LogP contribution in [0.3, 0.4) is 0 Å². The molecule has 0 unspecified atom stereocenters. The normalized spacial score (nSPS) is 14.9. The molecule has 44 heavy (non-hydrogen) atoms. The van der Waals surface area contributed by atoms with Gasteiger partial charge in [-0.05, 0) is 43.2 Å². The number of nitrogens with zero attached hydrogens (tertiary/aromatic N) is 4. The van der Waals surface area contributed by atoms with Crippen LogP contribution in [0.4, 0.5) is 10.1 Å². The van der Waals surface area contributed by atoms with Crippen LogP contribution in [-0.4, -0.2) is 81.5 Å². The van der Waals surface area contributed by atoms with Crippen LogP contribution in [0, 0.1) is 5.82 Å². The fourth-order valence-electron chi connectivity index (χ4n) is 5.06. The first-order chi connectivity index (χ1) is 21.2. The molecule has 11 nitrogen and oxygen atoms in total. The number of hydrogen-bond acceptors (Lipinski definition) is 6. The van der Waals surface area contributed by atoms with Crippen molar-refractivity contribution in [1.29, 1.82) is 0 Å². The summed E-state index contributed by atoms with van der Waals surface area (Å²) in [6, 6.07) is 14.2. The summed E-state index contributed by atoms with van der Waals surface area (Å²) in [6.07, 6.45) is 1.81. The molecule has 0 bridgehead atoms. The molecule has 4 amide bonds. The van der Waals surface area contributed by atoms with Gasteiger partial charge in [0, 0.05) is 58.3 Å². The van der Waals surface area contributed by atoms with Crippen LogP contribution in [0.2, 0.25) is 0 Å². The number of benzene rings is 2. The van der Waals surface area contributed by atoms with Crippen LogP contribution in [-0.2, 0) is 33.9 Å². The summed E-state index contributed by atoms with van der Waals surface area (Å²) in [5, 5.41) is 12.0. The quantitative estimate of drug-likeness (QED) is 0.291. The van der Waals surface area contributed by atoms with Gasteiger partial charge < -0.3 is 20.9 Å². The van der Waals surface area contributed by atoms with E-state index in [9.17, 15) is 19.2 Å². The van der Waals surface area contributed by atoms with Gasteiger partial charge >= 0.3 is 0 Å². The van der Waals surface area contributed by atoms with Gasteiger partial charge in [-0.3, -0.25) is 28.8 Å². The second kappa shape index (κ2) is 15.2. The molecule has 1 aliphatic rings. The number of carbonyl (C=O) groups excluding carboxylic acids is 4. The molecule has 1 aromatic heterocycles. The third-order valence-corrected chi connectivity index (χ3v) is 7.61. The Labute approximate surface area is 256 Å². The van der Waals surface area contributed by atoms with Crippen molar-refractivity contribution < 1.29 is 23.6 Å². The molecular weight excluding hydrogens is 565 g/mol. The third kappa shape index (κ3) is 8.50. The zero-order chi connectivity index (χ0) is 31.6. The summed E-state index contributed by atoms with van der Waals surface area (Å²) in [5.74, 6) is -2.24. The van der Waals surface area contributed by atoms with E-state index >= 15 is 4.39 Å². The molecule has 1 saturated heterocycles. The van der Waals surface area contributed by atoms with E-state index in [-0.39, 0.29) is 30.3 Å². The van der Waals surface area contributed by atoms with E-state index in [1.165, 1.54) is 35.5 Å². The predicted octanol–water partition coefficient (Wildman–Crippen LogP) is 2.58. The topological polar surface area (TPSA) is 129 Å². The Morgan fingerprint density at radius 1 is 0.932 bits per heavy atom. The standard InChI is InChI=1S/C32H40FN7O4/c1-4-29(41)36-27(32(44)39-17-15-38(16-18-39)21-23-9-7-6-8-10-23)20-24-11-12-26(25(33)19-24)37-30(42)22(3)35-31(43)28-13-14-34-40(28)5-2/h6-14,19,22,27H,4-5,15-18,20-21H2,1-3H3,(H,35,43)(H,36,41)(H,37,42)/t22-,27+/m0/s1. The van der Waals surface area contributed by atoms with E-state index in [2.05, 4.69) is 38.1 Å². The van der Waals surface area contributed by atoms with Gasteiger partial charge in [-0.2, -0.15) is 5.10 Å². The molecule has 0 saturated carbocycles. The van der Waals surface area contributed by atoms with E-state index in [1.807, 2.05) is 25.1 Å². The maximum absolute atomic E-state index is 15.1. The fourth-order valence-corrected chi connectivity index (χ4v) is 5.06. The lowest BCUT2D eigenvalue weighted by Gasteiger charge is -2.36. The highest BCUT2D eigenvalue weighted by Gasteiger charge is 2.29. The molecule has 234 valence electrons. The molecule has 1 aliphatic heterocycles. The van der Waals surface area contributed by atoms with E-state index < -0.39 is 29.7 Å². The zero-order valence-electron chi connectivity index (χ0n) is 25.4. The number of anilines is 1. The Morgan fingerprint density at radius 2 is 1.66 bits per heavy atom. The van der Waals surface area contributed by atoms with Crippen LogP contribution in [0.5, 0.6) is 0 Å². The molecule has 2 atom stereocenters. The van der Waals surface area contributed by atoms with Crippen molar-refractivity contribution in [3.05, 3.63) is 83.4 Å². The Balaban J connectivity index is 1.35. The number of hydrogen-bond donors (Lipinski definition) is 3. The number of nitrogens with one attached hydrogen (secondary N) is 3. The number of aromatic nitrogens is 2. The first-order valence-electron chi connectivity index (χ1n) is 14.9. The largest absolute Gasteiger partial charge is 0.344 e. The molecule has 1 fully saturated rings. The monoisotopic (exact) mass is 605 g/mol. The Bertz CT molecular complexity index is 1450. The van der Waals surface area contributed by atoms with Gasteiger partial charge in [0.15, 0.2) is 0 Å². The van der Waals surface area contributed by atoms with Gasteiger partial charge in [0.2, 0.25) is 17.7 Å². The maximum atomic E-state index is 15.1. The molecule has 2 heterocycles. The highest BCUT2D eigenvalue weighted by atomic mass is 19.1. The van der Waals surface area contributed by atoms with E-state index in [0.717, 1.165) is 6.54 Å². The van der Waals surface area contributed by atoms with Crippen LogP contribution in [0.15, 0.2) is 60.8 Å². The van der Waals surface area contributed by atoms with Crippen molar-refractivity contribution in [2.24, 2.45) is 0 Å². The first-order valence-corrected chi connectivity index (χ1v) is 14.9. The van der Waals surface area contributed by atoms with Crippen molar-refractivity contribution in [2.75, 3.05) is 31.5 Å². The molecule has 4 rings (SSSR count). The molecule has 3 aromatic rings. The predicted molar refractivity (Wildman–Crippen MR) is 164 cm³/mol. The third-order valence-electron chi connectivity index (χ3n) is 7.61. The van der Waals surface area contributed by atoms with Gasteiger partial charge in [-0.15, -0.1) is 0 Å². The van der Waals surface area contributed by atoms with Crippen LogP contribution < -0.4 is 16.0 Å². The number of carbonyl (C=O) groups is 4. The molecule has 12 heteroatoms. The van der Waals surface area contributed by atoms with Crippen LogP contribution >= 0.6 is 0 Å². The van der Waals surface area contributed by atoms with Gasteiger partial charge in [-0.1, -0.05) is 43.3 Å². The van der Waals surface area contributed by atoms with Crippen LogP contribution in [0.25, 0.3) is 0 Å². The SMILES string of the molecule is CCC(=O)N[C@H](Cc1ccc(NC(=O)[C@H](C)NC(=O)c2ccnn2CC)c(F)c1)C(=O)N1CCN(Cc2ccccc2)CC1. The van der Waals surface area contributed by atoms with Crippen molar-refractivity contribution >= 4 is 29.3 Å². The number of amides is 4. The number of halogens is 1. The minimum absolute atomic E-state index is 0.0616. The van der Waals surface area contributed by atoms with E-state index in [0.29, 0.717) is 44.0 Å². The minimum atomic E-state index is -0.943. The molecule has 3 N–H and O–H groups in total. The van der Waals surface area contributed by atoms with Gasteiger partial charge in [0.1, 0.15) is 23.6 Å². The molecule has 2 aromatic carbocycles. The Kier molecular flexibility index (Phi) is 11.2.